The molecule has 0 radical (unpaired) electrons. The molecule has 2 nitrogen and oxygen atoms in total. The first kappa shape index (κ1) is 11.0. The van der Waals surface area contributed by atoms with Crippen LogP contribution in [0, 0.1) is 11.8 Å². The Balaban J connectivity index is 2.03. The summed E-state index contributed by atoms with van der Waals surface area (Å²) in [5.74, 6) is 1.61. The highest BCUT2D eigenvalue weighted by atomic mass is 16.5. The molecule has 0 amide bonds. The summed E-state index contributed by atoms with van der Waals surface area (Å²) >= 11 is 0. The molecular formula is C11H23NO. The van der Waals surface area contributed by atoms with E-state index in [9.17, 15) is 0 Å². The molecule has 2 heteroatoms. The SMILES string of the molecule is CCCOC[C@H]1CC[C@H](CN)CC1. The maximum Gasteiger partial charge on any atom is 0.0494 e. The van der Waals surface area contributed by atoms with Crippen molar-refractivity contribution in [2.75, 3.05) is 19.8 Å². The van der Waals surface area contributed by atoms with Crippen LogP contribution < -0.4 is 5.73 Å². The average molecular weight is 185 g/mol. The predicted molar refractivity (Wildman–Crippen MR) is 55.6 cm³/mol. The molecule has 0 spiro atoms. The first-order valence-electron chi connectivity index (χ1n) is 5.64. The van der Waals surface area contributed by atoms with Crippen LogP contribution in [0.3, 0.4) is 0 Å². The van der Waals surface area contributed by atoms with E-state index in [0.29, 0.717) is 0 Å². The molecule has 0 aromatic rings. The Kier molecular flexibility index (Phi) is 5.40. The van der Waals surface area contributed by atoms with Crippen LogP contribution in [0.4, 0.5) is 0 Å². The van der Waals surface area contributed by atoms with Gasteiger partial charge in [-0.3, -0.25) is 0 Å². The zero-order valence-electron chi connectivity index (χ0n) is 8.80. The molecule has 0 unspecified atom stereocenters. The average Bonchev–Trinajstić information content (AvgIpc) is 2.19. The minimum Gasteiger partial charge on any atom is -0.381 e. The van der Waals surface area contributed by atoms with Gasteiger partial charge in [0, 0.05) is 13.2 Å². The first-order chi connectivity index (χ1) is 6.36. The quantitative estimate of drug-likeness (QED) is 0.666. The number of hydrogen-bond donors (Lipinski definition) is 1. The number of ether oxygens (including phenoxy) is 1. The Morgan fingerprint density at radius 2 is 1.77 bits per heavy atom. The van der Waals surface area contributed by atoms with E-state index in [1.807, 2.05) is 0 Å². The van der Waals surface area contributed by atoms with E-state index in [0.717, 1.165) is 38.0 Å². The molecule has 1 aliphatic carbocycles. The van der Waals surface area contributed by atoms with Crippen LogP contribution in [0.5, 0.6) is 0 Å². The Morgan fingerprint density at radius 1 is 1.15 bits per heavy atom. The highest BCUT2D eigenvalue weighted by molar-refractivity contribution is 4.72. The standard InChI is InChI=1S/C11H23NO/c1-2-7-13-9-11-5-3-10(8-12)4-6-11/h10-11H,2-9,12H2,1H3/t10-,11-. The summed E-state index contributed by atoms with van der Waals surface area (Å²) < 4.78 is 5.56. The number of rotatable bonds is 5. The smallest absolute Gasteiger partial charge is 0.0494 e. The van der Waals surface area contributed by atoms with E-state index in [2.05, 4.69) is 6.92 Å². The second-order valence-corrected chi connectivity index (χ2v) is 4.20. The summed E-state index contributed by atoms with van der Waals surface area (Å²) in [6, 6.07) is 0. The van der Waals surface area contributed by atoms with E-state index in [4.69, 9.17) is 10.5 Å². The van der Waals surface area contributed by atoms with E-state index in [-0.39, 0.29) is 0 Å². The Morgan fingerprint density at radius 3 is 2.31 bits per heavy atom. The van der Waals surface area contributed by atoms with Gasteiger partial charge >= 0.3 is 0 Å². The zero-order chi connectivity index (χ0) is 9.52. The third kappa shape index (κ3) is 4.10. The van der Waals surface area contributed by atoms with Crippen LogP contribution in [0.2, 0.25) is 0 Å². The molecule has 0 aliphatic heterocycles. The maximum atomic E-state index is 5.64. The van der Waals surface area contributed by atoms with Crippen molar-refractivity contribution in [2.24, 2.45) is 17.6 Å². The molecule has 0 aromatic carbocycles. The van der Waals surface area contributed by atoms with Crippen molar-refractivity contribution < 1.29 is 4.74 Å². The van der Waals surface area contributed by atoms with Crippen LogP contribution >= 0.6 is 0 Å². The van der Waals surface area contributed by atoms with Crippen LogP contribution in [0.15, 0.2) is 0 Å². The van der Waals surface area contributed by atoms with Gasteiger partial charge in [-0.15, -0.1) is 0 Å². The second-order valence-electron chi connectivity index (χ2n) is 4.20. The summed E-state index contributed by atoms with van der Waals surface area (Å²) in [7, 11) is 0. The van der Waals surface area contributed by atoms with Crippen LogP contribution in [-0.2, 0) is 4.74 Å². The molecule has 0 saturated heterocycles. The lowest BCUT2D eigenvalue weighted by atomic mass is 9.82. The van der Waals surface area contributed by atoms with Gasteiger partial charge in [0.1, 0.15) is 0 Å². The summed E-state index contributed by atoms with van der Waals surface area (Å²) in [4.78, 5) is 0. The van der Waals surface area contributed by atoms with E-state index in [1.165, 1.54) is 25.7 Å². The molecule has 2 N–H and O–H groups in total. The molecule has 0 aromatic heterocycles. The zero-order valence-corrected chi connectivity index (χ0v) is 8.80. The Bertz CT molecular complexity index is 117. The van der Waals surface area contributed by atoms with Gasteiger partial charge in [0.15, 0.2) is 0 Å². The van der Waals surface area contributed by atoms with Crippen molar-refractivity contribution in [1.29, 1.82) is 0 Å². The van der Waals surface area contributed by atoms with Crippen molar-refractivity contribution >= 4 is 0 Å². The lowest BCUT2D eigenvalue weighted by molar-refractivity contribution is 0.0788. The topological polar surface area (TPSA) is 35.2 Å². The highest BCUT2D eigenvalue weighted by Gasteiger charge is 2.19. The van der Waals surface area contributed by atoms with Crippen LogP contribution in [0.1, 0.15) is 39.0 Å². The Hall–Kier alpha value is -0.0800. The highest BCUT2D eigenvalue weighted by Crippen LogP contribution is 2.28. The van der Waals surface area contributed by atoms with E-state index in [1.54, 1.807) is 0 Å². The lowest BCUT2D eigenvalue weighted by Gasteiger charge is -2.27. The third-order valence-electron chi connectivity index (χ3n) is 3.00. The minimum atomic E-state index is 0.794. The molecule has 1 saturated carbocycles. The molecule has 0 heterocycles. The second kappa shape index (κ2) is 6.39. The first-order valence-corrected chi connectivity index (χ1v) is 5.64. The lowest BCUT2D eigenvalue weighted by Crippen LogP contribution is -2.23. The van der Waals surface area contributed by atoms with Gasteiger partial charge < -0.3 is 10.5 Å². The monoisotopic (exact) mass is 185 g/mol. The van der Waals surface area contributed by atoms with Gasteiger partial charge in [-0.25, -0.2) is 0 Å². The normalized spacial score (nSPS) is 29.1. The molecule has 13 heavy (non-hydrogen) atoms. The van der Waals surface area contributed by atoms with Crippen molar-refractivity contribution in [3.63, 3.8) is 0 Å². The molecule has 1 rings (SSSR count). The maximum absolute atomic E-state index is 5.64. The van der Waals surface area contributed by atoms with Crippen LogP contribution in [-0.4, -0.2) is 19.8 Å². The molecule has 1 fully saturated rings. The summed E-state index contributed by atoms with van der Waals surface area (Å²) in [5, 5.41) is 0. The van der Waals surface area contributed by atoms with Gasteiger partial charge in [-0.05, 0) is 50.5 Å². The van der Waals surface area contributed by atoms with Gasteiger partial charge in [0.05, 0.1) is 0 Å². The van der Waals surface area contributed by atoms with Crippen LogP contribution in [0.25, 0.3) is 0 Å². The van der Waals surface area contributed by atoms with Crippen molar-refractivity contribution in [3.8, 4) is 0 Å². The fourth-order valence-electron chi connectivity index (χ4n) is 2.03. The fourth-order valence-corrected chi connectivity index (χ4v) is 2.03. The summed E-state index contributed by atoms with van der Waals surface area (Å²) in [6.45, 7) is 4.94. The molecule has 1 aliphatic rings. The molecular weight excluding hydrogens is 162 g/mol. The predicted octanol–water partition coefficient (Wildman–Crippen LogP) is 2.18. The largest absolute Gasteiger partial charge is 0.381 e. The fraction of sp³-hybridized carbons (Fsp3) is 1.00. The summed E-state index contributed by atoms with van der Waals surface area (Å²) in [6.07, 6.45) is 6.42. The third-order valence-corrected chi connectivity index (χ3v) is 3.00. The van der Waals surface area contributed by atoms with Gasteiger partial charge in [-0.2, -0.15) is 0 Å². The molecule has 0 bridgehead atoms. The van der Waals surface area contributed by atoms with Gasteiger partial charge in [0.25, 0.3) is 0 Å². The molecule has 0 atom stereocenters. The van der Waals surface area contributed by atoms with Gasteiger partial charge in [-0.1, -0.05) is 6.92 Å². The van der Waals surface area contributed by atoms with Crippen molar-refractivity contribution in [2.45, 2.75) is 39.0 Å². The molecule has 78 valence electrons. The summed E-state index contributed by atoms with van der Waals surface area (Å²) in [5.41, 5.74) is 5.64. The van der Waals surface area contributed by atoms with E-state index >= 15 is 0 Å². The van der Waals surface area contributed by atoms with Gasteiger partial charge in [0.2, 0.25) is 0 Å². The Labute approximate surface area is 81.8 Å². The van der Waals surface area contributed by atoms with Crippen molar-refractivity contribution in [1.82, 2.24) is 0 Å². The van der Waals surface area contributed by atoms with E-state index < -0.39 is 0 Å². The number of hydrogen-bond acceptors (Lipinski definition) is 2. The number of nitrogens with two attached hydrogens (primary N) is 1. The van der Waals surface area contributed by atoms with Crippen molar-refractivity contribution in [3.05, 3.63) is 0 Å². The minimum absolute atomic E-state index is 0.794.